The van der Waals surface area contributed by atoms with Gasteiger partial charge in [-0.25, -0.2) is 4.79 Å². The van der Waals surface area contributed by atoms with Gasteiger partial charge in [-0.05, 0) is 30.5 Å². The van der Waals surface area contributed by atoms with E-state index in [-0.39, 0.29) is 5.97 Å². The molecule has 5 heteroatoms. The summed E-state index contributed by atoms with van der Waals surface area (Å²) in [6.45, 7) is 6.55. The molecule has 0 heterocycles. The van der Waals surface area contributed by atoms with E-state index in [4.69, 9.17) is 10.5 Å². The lowest BCUT2D eigenvalue weighted by Crippen LogP contribution is -2.10. The Morgan fingerprint density at radius 1 is 1.40 bits per heavy atom. The minimum Gasteiger partial charge on any atom is -0.465 e. The van der Waals surface area contributed by atoms with E-state index in [0.717, 1.165) is 31.9 Å². The molecule has 0 radical (unpaired) electrons. The molecule has 1 aromatic rings. The van der Waals surface area contributed by atoms with Crippen molar-refractivity contribution in [1.29, 1.82) is 0 Å². The smallest absolute Gasteiger partial charge is 0.337 e. The molecule has 0 saturated heterocycles. The van der Waals surface area contributed by atoms with Gasteiger partial charge in [0, 0.05) is 19.8 Å². The molecule has 0 saturated carbocycles. The maximum Gasteiger partial charge on any atom is 0.337 e. The number of carbonyl (C=O) groups is 1. The Morgan fingerprint density at radius 3 is 2.75 bits per heavy atom. The van der Waals surface area contributed by atoms with Crippen molar-refractivity contribution in [2.75, 3.05) is 37.9 Å². The van der Waals surface area contributed by atoms with Crippen molar-refractivity contribution in [3.05, 3.63) is 23.8 Å². The summed E-state index contributed by atoms with van der Waals surface area (Å²) in [5, 5.41) is 3.23. The monoisotopic (exact) mass is 280 g/mol. The number of esters is 1. The van der Waals surface area contributed by atoms with E-state index in [0.29, 0.717) is 17.2 Å². The van der Waals surface area contributed by atoms with Crippen molar-refractivity contribution in [2.45, 2.75) is 20.3 Å². The van der Waals surface area contributed by atoms with Gasteiger partial charge in [0.1, 0.15) is 0 Å². The lowest BCUT2D eigenvalue weighted by atomic mass is 10.1. The first-order valence-electron chi connectivity index (χ1n) is 6.84. The number of nitrogen functional groups attached to an aromatic ring is 1. The van der Waals surface area contributed by atoms with Gasteiger partial charge in [-0.3, -0.25) is 0 Å². The summed E-state index contributed by atoms with van der Waals surface area (Å²) < 4.78 is 10.1. The van der Waals surface area contributed by atoms with E-state index in [1.165, 1.54) is 7.11 Å². The zero-order valence-electron chi connectivity index (χ0n) is 12.4. The number of rotatable bonds is 8. The molecule has 0 aliphatic rings. The zero-order valence-corrected chi connectivity index (χ0v) is 12.4. The molecular weight excluding hydrogens is 256 g/mol. The molecule has 5 nitrogen and oxygen atoms in total. The summed E-state index contributed by atoms with van der Waals surface area (Å²) in [5.74, 6) is 0.176. The molecular formula is C15H24N2O3. The molecule has 0 aliphatic heterocycles. The maximum absolute atomic E-state index is 11.3. The summed E-state index contributed by atoms with van der Waals surface area (Å²) in [6, 6.07) is 5.10. The van der Waals surface area contributed by atoms with E-state index in [2.05, 4.69) is 23.9 Å². The first kappa shape index (κ1) is 16.3. The quantitative estimate of drug-likeness (QED) is 0.435. The van der Waals surface area contributed by atoms with Crippen LogP contribution in [0.25, 0.3) is 0 Å². The van der Waals surface area contributed by atoms with E-state index < -0.39 is 0 Å². The van der Waals surface area contributed by atoms with Gasteiger partial charge in [0.2, 0.25) is 0 Å². The molecule has 1 rings (SSSR count). The van der Waals surface area contributed by atoms with Gasteiger partial charge in [-0.15, -0.1) is 0 Å². The summed E-state index contributed by atoms with van der Waals surface area (Å²) >= 11 is 0. The lowest BCUT2D eigenvalue weighted by Gasteiger charge is -2.11. The third-order valence-electron chi connectivity index (χ3n) is 2.70. The van der Waals surface area contributed by atoms with Crippen LogP contribution in [0.3, 0.4) is 0 Å². The fraction of sp³-hybridized carbons (Fsp3) is 0.533. The normalized spacial score (nSPS) is 10.6. The van der Waals surface area contributed by atoms with Crippen molar-refractivity contribution >= 4 is 17.3 Å². The third kappa shape index (κ3) is 5.48. The minimum atomic E-state index is -0.384. The largest absolute Gasteiger partial charge is 0.465 e. The zero-order chi connectivity index (χ0) is 15.0. The molecule has 0 amide bonds. The molecule has 0 spiro atoms. The van der Waals surface area contributed by atoms with Crippen molar-refractivity contribution in [3.8, 4) is 0 Å². The van der Waals surface area contributed by atoms with Gasteiger partial charge in [-0.2, -0.15) is 0 Å². The Balaban J connectivity index is 2.36. The van der Waals surface area contributed by atoms with Crippen molar-refractivity contribution in [3.63, 3.8) is 0 Å². The highest BCUT2D eigenvalue weighted by Crippen LogP contribution is 2.20. The molecule has 0 aromatic heterocycles. The highest BCUT2D eigenvalue weighted by atomic mass is 16.5. The number of hydrogen-bond donors (Lipinski definition) is 2. The summed E-state index contributed by atoms with van der Waals surface area (Å²) in [4.78, 5) is 11.3. The highest BCUT2D eigenvalue weighted by molar-refractivity contribution is 5.91. The van der Waals surface area contributed by atoms with Crippen molar-refractivity contribution in [1.82, 2.24) is 0 Å². The number of ether oxygens (including phenoxy) is 2. The fourth-order valence-electron chi connectivity index (χ4n) is 1.68. The maximum atomic E-state index is 11.3. The minimum absolute atomic E-state index is 0.384. The van der Waals surface area contributed by atoms with Crippen LogP contribution < -0.4 is 11.1 Å². The molecule has 0 aliphatic carbocycles. The second-order valence-electron chi connectivity index (χ2n) is 5.04. The summed E-state index contributed by atoms with van der Waals surface area (Å²) in [7, 11) is 1.35. The second-order valence-corrected chi connectivity index (χ2v) is 5.04. The van der Waals surface area contributed by atoms with Gasteiger partial charge in [0.15, 0.2) is 0 Å². The number of methoxy groups -OCH3 is 1. The van der Waals surface area contributed by atoms with E-state index in [1.807, 2.05) is 0 Å². The number of carbonyl (C=O) groups excluding carboxylic acids is 1. The molecule has 20 heavy (non-hydrogen) atoms. The Morgan fingerprint density at radius 2 is 2.15 bits per heavy atom. The average Bonchev–Trinajstić information content (AvgIpc) is 2.42. The van der Waals surface area contributed by atoms with Gasteiger partial charge >= 0.3 is 5.97 Å². The van der Waals surface area contributed by atoms with Gasteiger partial charge in [0.25, 0.3) is 0 Å². The SMILES string of the molecule is COC(=O)c1ccc(NCCCOCC(C)C)c(N)c1. The van der Waals surface area contributed by atoms with E-state index >= 15 is 0 Å². The van der Waals surface area contributed by atoms with Crippen LogP contribution in [-0.4, -0.2) is 32.8 Å². The van der Waals surface area contributed by atoms with Crippen LogP contribution in [0, 0.1) is 5.92 Å². The lowest BCUT2D eigenvalue weighted by molar-refractivity contribution is 0.0601. The Kier molecular flexibility index (Phi) is 6.87. The van der Waals surface area contributed by atoms with E-state index in [1.54, 1.807) is 18.2 Å². The molecule has 0 unspecified atom stereocenters. The Labute approximate surface area is 120 Å². The second kappa shape index (κ2) is 8.43. The van der Waals surface area contributed by atoms with Crippen LogP contribution in [0.5, 0.6) is 0 Å². The molecule has 0 atom stereocenters. The number of nitrogens with two attached hydrogens (primary N) is 1. The average molecular weight is 280 g/mol. The molecule has 112 valence electrons. The third-order valence-corrected chi connectivity index (χ3v) is 2.70. The predicted octanol–water partition coefficient (Wildman–Crippen LogP) is 2.53. The molecule has 0 fully saturated rings. The Hall–Kier alpha value is -1.75. The number of nitrogens with one attached hydrogen (secondary N) is 1. The molecule has 3 N–H and O–H groups in total. The van der Waals surface area contributed by atoms with Crippen LogP contribution in [0.15, 0.2) is 18.2 Å². The molecule has 0 bridgehead atoms. The Bertz CT molecular complexity index is 433. The molecule has 1 aromatic carbocycles. The number of benzene rings is 1. The number of anilines is 2. The van der Waals surface area contributed by atoms with Crippen molar-refractivity contribution in [2.24, 2.45) is 5.92 Å². The first-order valence-corrected chi connectivity index (χ1v) is 6.84. The van der Waals surface area contributed by atoms with Crippen LogP contribution in [0.1, 0.15) is 30.6 Å². The van der Waals surface area contributed by atoms with Gasteiger partial charge < -0.3 is 20.5 Å². The van der Waals surface area contributed by atoms with Gasteiger partial charge in [0.05, 0.1) is 24.0 Å². The topological polar surface area (TPSA) is 73.6 Å². The summed E-state index contributed by atoms with van der Waals surface area (Å²) in [5.41, 5.74) is 7.71. The highest BCUT2D eigenvalue weighted by Gasteiger charge is 2.07. The first-order chi connectivity index (χ1) is 9.54. The van der Waals surface area contributed by atoms with E-state index in [9.17, 15) is 4.79 Å². The predicted molar refractivity (Wildman–Crippen MR) is 81.0 cm³/mol. The van der Waals surface area contributed by atoms with Crippen molar-refractivity contribution < 1.29 is 14.3 Å². The van der Waals surface area contributed by atoms with Crippen LogP contribution in [0.2, 0.25) is 0 Å². The fourth-order valence-corrected chi connectivity index (χ4v) is 1.68. The summed E-state index contributed by atoms with van der Waals surface area (Å²) in [6.07, 6.45) is 0.908. The van der Waals surface area contributed by atoms with Crippen LogP contribution in [0.4, 0.5) is 11.4 Å². The number of hydrogen-bond acceptors (Lipinski definition) is 5. The van der Waals surface area contributed by atoms with Crippen LogP contribution in [-0.2, 0) is 9.47 Å². The standard InChI is InChI=1S/C15H24N2O3/c1-11(2)10-20-8-4-7-17-14-6-5-12(9-13(14)16)15(18)19-3/h5-6,9,11,17H,4,7-8,10,16H2,1-3H3. The van der Waals surface area contributed by atoms with Gasteiger partial charge in [-0.1, -0.05) is 13.8 Å². The van der Waals surface area contributed by atoms with Crippen LogP contribution >= 0.6 is 0 Å².